The van der Waals surface area contributed by atoms with Crippen molar-refractivity contribution in [3.8, 4) is 0 Å². The van der Waals surface area contributed by atoms with Gasteiger partial charge in [0.25, 0.3) is 0 Å². The van der Waals surface area contributed by atoms with E-state index in [1.54, 1.807) is 0 Å². The molecule has 1 aliphatic carbocycles. The number of piperazine rings is 1. The van der Waals surface area contributed by atoms with Crippen LogP contribution in [0.3, 0.4) is 0 Å². The molecule has 0 saturated carbocycles. The maximum absolute atomic E-state index is 4.92. The SMILES string of the molecule is C1=NC2CCCc3cccc(c32)N1N1CCNCC1c1ccccc1. The molecule has 2 aromatic carbocycles. The number of hydrazine groups is 1. The van der Waals surface area contributed by atoms with Gasteiger partial charge in [-0.3, -0.25) is 10.0 Å². The molecule has 4 heteroatoms. The second kappa shape index (κ2) is 6.28. The lowest BCUT2D eigenvalue weighted by Gasteiger charge is -2.45. The number of anilines is 1. The number of hydrogen-bond donors (Lipinski definition) is 1. The number of nitrogens with one attached hydrogen (secondary N) is 1. The Kier molecular flexibility index (Phi) is 3.80. The summed E-state index contributed by atoms with van der Waals surface area (Å²) in [5.41, 5.74) is 5.64. The topological polar surface area (TPSA) is 30.9 Å². The number of aliphatic imine (C=N–C) groups is 1. The lowest BCUT2D eigenvalue weighted by molar-refractivity contribution is 0.168. The summed E-state index contributed by atoms with van der Waals surface area (Å²) in [7, 11) is 0. The third kappa shape index (κ3) is 2.57. The summed E-state index contributed by atoms with van der Waals surface area (Å²) < 4.78 is 0. The summed E-state index contributed by atoms with van der Waals surface area (Å²) in [5, 5.41) is 8.36. The Bertz CT molecular complexity index is 786. The van der Waals surface area contributed by atoms with Crippen LogP contribution in [0.1, 0.15) is 41.6 Å². The first-order valence-electron chi connectivity index (χ1n) is 9.38. The molecular weight excluding hydrogens is 308 g/mol. The van der Waals surface area contributed by atoms with E-state index in [1.165, 1.54) is 41.6 Å². The van der Waals surface area contributed by atoms with Crippen LogP contribution in [0.15, 0.2) is 53.5 Å². The van der Waals surface area contributed by atoms with E-state index in [1.807, 2.05) is 0 Å². The standard InChI is InChI=1S/C21H24N4/c1-2-6-16(7-3-1)20-14-22-12-13-24(20)25-15-23-18-10-4-8-17-9-5-11-19(25)21(17)18/h1-3,5-7,9,11,15,18,20,22H,4,8,10,12-14H2. The van der Waals surface area contributed by atoms with Crippen molar-refractivity contribution in [3.05, 3.63) is 65.2 Å². The minimum atomic E-state index is 0.331. The van der Waals surface area contributed by atoms with E-state index in [9.17, 15) is 0 Å². The van der Waals surface area contributed by atoms with Crippen LogP contribution in [-0.4, -0.2) is 31.0 Å². The third-order valence-corrected chi connectivity index (χ3v) is 5.71. The van der Waals surface area contributed by atoms with Gasteiger partial charge in [-0.05, 0) is 36.5 Å². The highest BCUT2D eigenvalue weighted by Crippen LogP contribution is 2.42. The van der Waals surface area contributed by atoms with E-state index >= 15 is 0 Å². The minimum Gasteiger partial charge on any atom is -0.313 e. The summed E-state index contributed by atoms with van der Waals surface area (Å²) in [6, 6.07) is 18.3. The van der Waals surface area contributed by atoms with Crippen LogP contribution in [0.4, 0.5) is 5.69 Å². The van der Waals surface area contributed by atoms with Crippen LogP contribution in [-0.2, 0) is 6.42 Å². The van der Waals surface area contributed by atoms with Crippen molar-refractivity contribution in [2.45, 2.75) is 31.3 Å². The monoisotopic (exact) mass is 332 g/mol. The predicted octanol–water partition coefficient (Wildman–Crippen LogP) is 3.47. The molecule has 2 aromatic rings. The zero-order valence-electron chi connectivity index (χ0n) is 14.4. The zero-order valence-corrected chi connectivity index (χ0v) is 14.4. The van der Waals surface area contributed by atoms with Crippen LogP contribution < -0.4 is 10.3 Å². The number of nitrogens with zero attached hydrogens (tertiary/aromatic N) is 3. The van der Waals surface area contributed by atoms with Gasteiger partial charge in [0.05, 0.1) is 17.8 Å². The average Bonchev–Trinajstić information content (AvgIpc) is 2.70. The highest BCUT2D eigenvalue weighted by Gasteiger charge is 2.34. The third-order valence-electron chi connectivity index (χ3n) is 5.71. The first-order chi connectivity index (χ1) is 12.4. The summed E-state index contributed by atoms with van der Waals surface area (Å²) in [6.45, 7) is 2.96. The molecule has 1 fully saturated rings. The number of hydrogen-bond acceptors (Lipinski definition) is 4. The molecule has 3 aliphatic rings. The van der Waals surface area contributed by atoms with Crippen molar-refractivity contribution in [1.82, 2.24) is 10.3 Å². The van der Waals surface area contributed by atoms with Crippen LogP contribution in [0, 0.1) is 0 Å². The van der Waals surface area contributed by atoms with E-state index in [0.717, 1.165) is 19.6 Å². The van der Waals surface area contributed by atoms with Gasteiger partial charge in [-0.2, -0.15) is 0 Å². The van der Waals surface area contributed by atoms with Crippen LogP contribution in [0.25, 0.3) is 0 Å². The molecule has 0 radical (unpaired) electrons. The predicted molar refractivity (Wildman–Crippen MR) is 102 cm³/mol. The lowest BCUT2D eigenvalue weighted by atomic mass is 9.86. The van der Waals surface area contributed by atoms with Gasteiger partial charge in [-0.25, -0.2) is 5.01 Å². The van der Waals surface area contributed by atoms with Gasteiger partial charge < -0.3 is 5.32 Å². The molecule has 0 aromatic heterocycles. The molecule has 128 valence electrons. The summed E-state index contributed by atoms with van der Waals surface area (Å²) in [6.07, 6.45) is 5.69. The van der Waals surface area contributed by atoms with Crippen molar-refractivity contribution >= 4 is 12.0 Å². The van der Waals surface area contributed by atoms with E-state index in [0.29, 0.717) is 12.1 Å². The van der Waals surface area contributed by atoms with Gasteiger partial charge >= 0.3 is 0 Å². The quantitative estimate of drug-likeness (QED) is 0.913. The van der Waals surface area contributed by atoms with Crippen molar-refractivity contribution in [3.63, 3.8) is 0 Å². The number of aryl methyl sites for hydroxylation is 1. The Hall–Kier alpha value is -2.17. The fraction of sp³-hybridized carbons (Fsp3) is 0.381. The van der Waals surface area contributed by atoms with Gasteiger partial charge in [0.1, 0.15) is 6.34 Å². The Morgan fingerprint density at radius 3 is 2.88 bits per heavy atom. The van der Waals surface area contributed by atoms with E-state index < -0.39 is 0 Å². The molecule has 1 N–H and O–H groups in total. The Balaban J connectivity index is 1.55. The second-order valence-corrected chi connectivity index (χ2v) is 7.16. The molecule has 25 heavy (non-hydrogen) atoms. The summed E-state index contributed by atoms with van der Waals surface area (Å²) >= 11 is 0. The molecule has 4 nitrogen and oxygen atoms in total. The molecule has 1 saturated heterocycles. The average molecular weight is 332 g/mol. The van der Waals surface area contributed by atoms with Crippen molar-refractivity contribution in [1.29, 1.82) is 0 Å². The molecule has 5 rings (SSSR count). The Morgan fingerprint density at radius 1 is 1.04 bits per heavy atom. The zero-order chi connectivity index (χ0) is 16.6. The largest absolute Gasteiger partial charge is 0.313 e. The maximum atomic E-state index is 4.92. The van der Waals surface area contributed by atoms with E-state index in [4.69, 9.17) is 4.99 Å². The molecule has 2 aliphatic heterocycles. The van der Waals surface area contributed by atoms with Crippen molar-refractivity contribution in [2.75, 3.05) is 24.6 Å². The van der Waals surface area contributed by atoms with E-state index in [-0.39, 0.29) is 0 Å². The minimum absolute atomic E-state index is 0.331. The first-order valence-corrected chi connectivity index (χ1v) is 9.38. The first kappa shape index (κ1) is 15.1. The van der Waals surface area contributed by atoms with Crippen molar-refractivity contribution in [2.24, 2.45) is 4.99 Å². The Morgan fingerprint density at radius 2 is 1.96 bits per heavy atom. The van der Waals surface area contributed by atoms with Gasteiger partial charge in [0, 0.05) is 25.2 Å². The maximum Gasteiger partial charge on any atom is 0.105 e. The fourth-order valence-electron chi connectivity index (χ4n) is 4.51. The van der Waals surface area contributed by atoms with Crippen molar-refractivity contribution < 1.29 is 0 Å². The lowest BCUT2D eigenvalue weighted by Crippen LogP contribution is -2.55. The molecule has 0 spiro atoms. The molecule has 2 heterocycles. The highest BCUT2D eigenvalue weighted by molar-refractivity contribution is 5.83. The molecule has 2 atom stereocenters. The number of rotatable bonds is 2. The fourth-order valence-corrected chi connectivity index (χ4v) is 4.51. The summed E-state index contributed by atoms with van der Waals surface area (Å²) in [5.74, 6) is 0. The van der Waals surface area contributed by atoms with Gasteiger partial charge in [0.15, 0.2) is 0 Å². The summed E-state index contributed by atoms with van der Waals surface area (Å²) in [4.78, 5) is 4.92. The highest BCUT2D eigenvalue weighted by atomic mass is 15.7. The number of benzene rings is 2. The Labute approximate surface area is 149 Å². The molecule has 0 bridgehead atoms. The normalized spacial score (nSPS) is 25.7. The molecular formula is C21H24N4. The van der Waals surface area contributed by atoms with Crippen LogP contribution in [0.2, 0.25) is 0 Å². The van der Waals surface area contributed by atoms with Gasteiger partial charge in [-0.15, -0.1) is 0 Å². The van der Waals surface area contributed by atoms with E-state index in [2.05, 4.69) is 70.2 Å². The molecule has 2 unspecified atom stereocenters. The van der Waals surface area contributed by atoms with Gasteiger partial charge in [0.2, 0.25) is 0 Å². The van der Waals surface area contributed by atoms with Crippen LogP contribution >= 0.6 is 0 Å². The van der Waals surface area contributed by atoms with Gasteiger partial charge in [-0.1, -0.05) is 42.5 Å². The molecule has 0 amide bonds. The second-order valence-electron chi connectivity index (χ2n) is 7.16. The smallest absolute Gasteiger partial charge is 0.105 e. The van der Waals surface area contributed by atoms with Crippen LogP contribution in [0.5, 0.6) is 0 Å².